The van der Waals surface area contributed by atoms with E-state index in [0.29, 0.717) is 64.7 Å². The van der Waals surface area contributed by atoms with Crippen LogP contribution in [0.15, 0.2) is 109 Å². The zero-order chi connectivity index (χ0) is 36.5. The molecule has 0 radical (unpaired) electrons. The van der Waals surface area contributed by atoms with Crippen molar-refractivity contribution in [2.45, 2.75) is 71.0 Å². The third-order valence-electron chi connectivity index (χ3n) is 8.84. The Labute approximate surface area is 299 Å². The number of carbonyl (C=O) groups is 1. The second-order valence-corrected chi connectivity index (χ2v) is 12.7. The summed E-state index contributed by atoms with van der Waals surface area (Å²) in [6.07, 6.45) is 3.85. The Morgan fingerprint density at radius 1 is 1.02 bits per heavy atom. The van der Waals surface area contributed by atoms with Gasteiger partial charge in [-0.05, 0) is 67.2 Å². The van der Waals surface area contributed by atoms with E-state index in [0.717, 1.165) is 11.3 Å². The number of hydrogen-bond acceptors (Lipinski definition) is 6. The fraction of sp³-hybridized carbons (Fsp3) is 0.310. The van der Waals surface area contributed by atoms with Crippen LogP contribution in [0.25, 0.3) is 16.7 Å². The van der Waals surface area contributed by atoms with Crippen molar-refractivity contribution in [2.75, 3.05) is 19.5 Å². The van der Waals surface area contributed by atoms with Gasteiger partial charge >= 0.3 is 0 Å². The summed E-state index contributed by atoms with van der Waals surface area (Å²) in [6.45, 7) is 10.5. The molecule has 0 spiro atoms. The van der Waals surface area contributed by atoms with E-state index in [1.54, 1.807) is 45.4 Å². The first-order chi connectivity index (χ1) is 24.6. The largest absolute Gasteiger partial charge is 0.497 e. The molecule has 51 heavy (non-hydrogen) atoms. The fourth-order valence-electron chi connectivity index (χ4n) is 6.49. The van der Waals surface area contributed by atoms with Gasteiger partial charge in [-0.1, -0.05) is 81.1 Å². The highest BCUT2D eigenvalue weighted by molar-refractivity contribution is 6.12. The Hall–Kier alpha value is -5.12. The van der Waals surface area contributed by atoms with Crippen LogP contribution in [0, 0.1) is 0 Å². The number of carbonyl (C=O) groups excluding carboxylic acids is 1. The molecule has 9 heteroatoms. The van der Waals surface area contributed by atoms with Crippen molar-refractivity contribution in [3.05, 3.63) is 126 Å². The number of para-hydroxylation sites is 1. The Bertz CT molecular complexity index is 1870. The summed E-state index contributed by atoms with van der Waals surface area (Å²) in [7, 11) is 3.13. The number of ether oxygens (including phenoxy) is 4. The number of nitrogens with zero attached hydrogens (tertiary/aromatic N) is 1. The van der Waals surface area contributed by atoms with E-state index in [9.17, 15) is 14.3 Å². The lowest BCUT2D eigenvalue weighted by atomic mass is 9.94. The molecular weight excluding hydrogens is 647 g/mol. The second kappa shape index (κ2) is 17.2. The van der Waals surface area contributed by atoms with Crippen molar-refractivity contribution in [1.82, 2.24) is 4.57 Å². The van der Waals surface area contributed by atoms with Crippen LogP contribution in [0.2, 0.25) is 0 Å². The van der Waals surface area contributed by atoms with Gasteiger partial charge in [-0.25, -0.2) is 4.39 Å². The Balaban J connectivity index is 1.55. The molecule has 1 fully saturated rings. The number of aliphatic hydroxyl groups excluding tert-OH is 1. The molecule has 1 aliphatic heterocycles. The summed E-state index contributed by atoms with van der Waals surface area (Å²) in [5, 5.41) is 14.0. The van der Waals surface area contributed by atoms with Gasteiger partial charge in [0.1, 0.15) is 11.6 Å². The van der Waals surface area contributed by atoms with Crippen molar-refractivity contribution >= 4 is 17.2 Å². The van der Waals surface area contributed by atoms with Crippen LogP contribution in [0.3, 0.4) is 0 Å². The molecule has 1 aliphatic rings. The average Bonchev–Trinajstić information content (AvgIpc) is 3.49. The maximum Gasteiger partial charge on any atom is 0.258 e. The molecule has 1 unspecified atom stereocenters. The predicted octanol–water partition coefficient (Wildman–Crippen LogP) is 9.33. The summed E-state index contributed by atoms with van der Waals surface area (Å²) < 4.78 is 40.0. The highest BCUT2D eigenvalue weighted by Gasteiger charge is 2.33. The van der Waals surface area contributed by atoms with Gasteiger partial charge in [-0.2, -0.15) is 0 Å². The van der Waals surface area contributed by atoms with Crippen molar-refractivity contribution in [1.29, 1.82) is 0 Å². The molecule has 4 aromatic rings. The number of aromatic nitrogens is 1. The first-order valence-electron chi connectivity index (χ1n) is 17.2. The third-order valence-corrected chi connectivity index (χ3v) is 8.84. The number of allylic oxidation sites excluding steroid dienone is 5. The van der Waals surface area contributed by atoms with E-state index < -0.39 is 18.2 Å². The van der Waals surface area contributed by atoms with Crippen molar-refractivity contribution in [2.24, 2.45) is 0 Å². The van der Waals surface area contributed by atoms with Crippen LogP contribution in [-0.4, -0.2) is 48.3 Å². The first kappa shape index (κ1) is 37.1. The van der Waals surface area contributed by atoms with Crippen LogP contribution < -0.4 is 19.5 Å². The van der Waals surface area contributed by atoms with Crippen molar-refractivity contribution < 1.29 is 33.2 Å². The van der Waals surface area contributed by atoms with Gasteiger partial charge in [0.05, 0.1) is 37.7 Å². The second-order valence-electron chi connectivity index (χ2n) is 12.7. The van der Waals surface area contributed by atoms with E-state index in [2.05, 4.69) is 30.3 Å². The number of halogens is 1. The molecule has 1 saturated heterocycles. The molecule has 0 aliphatic carbocycles. The quantitative estimate of drug-likeness (QED) is 0.128. The van der Waals surface area contributed by atoms with Gasteiger partial charge in [0.25, 0.3) is 5.91 Å². The number of benzene rings is 3. The molecule has 8 nitrogen and oxygen atoms in total. The molecule has 0 bridgehead atoms. The number of aliphatic hydroxyl groups is 1. The van der Waals surface area contributed by atoms with E-state index >= 15 is 0 Å². The minimum atomic E-state index is -0.719. The molecule has 268 valence electrons. The van der Waals surface area contributed by atoms with Crippen LogP contribution >= 0.6 is 0 Å². The smallest absolute Gasteiger partial charge is 0.258 e. The SMILES string of the molecule is C=C(/C=C\C(F)=C/C)c1c(-c2ccccc2)c(C(=O)Nc2ccccc2)c(C(C)C)n1CC[C@@H]1C[C@@H](O)CC(Oc2ccc(OC)cc2OC)O1. The predicted molar refractivity (Wildman–Crippen MR) is 200 cm³/mol. The van der Waals surface area contributed by atoms with E-state index in [-0.39, 0.29) is 24.3 Å². The molecule has 2 heterocycles. The molecule has 3 aromatic carbocycles. The number of rotatable bonds is 14. The molecule has 1 amide bonds. The van der Waals surface area contributed by atoms with E-state index in [1.165, 1.54) is 12.2 Å². The number of methoxy groups -OCH3 is 2. The molecular formula is C42H47FN2O6. The highest BCUT2D eigenvalue weighted by Crippen LogP contribution is 2.41. The van der Waals surface area contributed by atoms with Crippen LogP contribution in [0.1, 0.15) is 67.7 Å². The van der Waals surface area contributed by atoms with Crippen molar-refractivity contribution in [3.63, 3.8) is 0 Å². The molecule has 5 rings (SSSR count). The lowest BCUT2D eigenvalue weighted by Gasteiger charge is -2.34. The lowest BCUT2D eigenvalue weighted by molar-refractivity contribution is -0.178. The number of nitrogens with one attached hydrogen (secondary N) is 1. The monoisotopic (exact) mass is 694 g/mol. The maximum absolute atomic E-state index is 14.4. The Morgan fingerprint density at radius 2 is 1.73 bits per heavy atom. The topological polar surface area (TPSA) is 91.2 Å². The van der Waals surface area contributed by atoms with E-state index in [1.807, 2.05) is 60.7 Å². The van der Waals surface area contributed by atoms with Crippen LogP contribution in [-0.2, 0) is 11.3 Å². The zero-order valence-electron chi connectivity index (χ0n) is 29.9. The highest BCUT2D eigenvalue weighted by atomic mass is 19.1. The van der Waals surface area contributed by atoms with Crippen molar-refractivity contribution in [3.8, 4) is 28.4 Å². The summed E-state index contributed by atoms with van der Waals surface area (Å²) in [4.78, 5) is 14.4. The molecule has 3 atom stereocenters. The number of hydrogen-bond donors (Lipinski definition) is 2. The minimum Gasteiger partial charge on any atom is -0.497 e. The Kier molecular flexibility index (Phi) is 12.5. The third kappa shape index (κ3) is 8.98. The fourth-order valence-corrected chi connectivity index (χ4v) is 6.49. The van der Waals surface area contributed by atoms with Gasteiger partial charge in [-0.3, -0.25) is 4.79 Å². The summed E-state index contributed by atoms with van der Waals surface area (Å²) in [5.41, 5.74) is 4.79. The number of anilines is 1. The van der Waals surface area contributed by atoms with Gasteiger partial charge in [0, 0.05) is 36.0 Å². The molecule has 2 N–H and O–H groups in total. The molecule has 0 saturated carbocycles. The van der Waals surface area contributed by atoms with Crippen LogP contribution in [0.5, 0.6) is 17.2 Å². The normalized spacial score (nSPS) is 17.8. The van der Waals surface area contributed by atoms with Gasteiger partial charge in [0.2, 0.25) is 6.29 Å². The van der Waals surface area contributed by atoms with Gasteiger partial charge in [-0.15, -0.1) is 0 Å². The van der Waals surface area contributed by atoms with Crippen LogP contribution in [0.4, 0.5) is 10.1 Å². The van der Waals surface area contributed by atoms with Gasteiger partial charge in [0.15, 0.2) is 11.5 Å². The summed E-state index contributed by atoms with van der Waals surface area (Å²) in [6, 6.07) is 24.3. The number of amides is 1. The van der Waals surface area contributed by atoms with E-state index in [4.69, 9.17) is 18.9 Å². The standard InChI is InChI=1S/C42H47FN2O6/c1-7-30(43)19-18-28(4)41-38(29-14-10-8-11-15-29)39(42(47)44-31-16-12-9-13-17-31)40(27(2)3)45(41)23-22-34-24-32(46)25-37(50-34)51-35-21-20-33(48-5)26-36(35)49-6/h7-21,26-27,32,34,37,46H,4,22-25H2,1-3,5-6H3,(H,44,47)/b19-18-,30-7+/t32-,34-,37?/m1/s1. The minimum absolute atomic E-state index is 0.0849. The van der Waals surface area contributed by atoms with Gasteiger partial charge < -0.3 is 33.9 Å². The zero-order valence-corrected chi connectivity index (χ0v) is 29.9. The average molecular weight is 695 g/mol. The Morgan fingerprint density at radius 3 is 2.37 bits per heavy atom. The summed E-state index contributed by atoms with van der Waals surface area (Å²) >= 11 is 0. The summed E-state index contributed by atoms with van der Waals surface area (Å²) in [5.74, 6) is 0.852. The first-order valence-corrected chi connectivity index (χ1v) is 17.2. The molecule has 1 aromatic heterocycles. The maximum atomic E-state index is 14.4. The lowest BCUT2D eigenvalue weighted by Crippen LogP contribution is -2.39.